The van der Waals surface area contributed by atoms with E-state index in [1.807, 2.05) is 0 Å². The van der Waals surface area contributed by atoms with Gasteiger partial charge in [-0.05, 0) is 12.1 Å². The third-order valence-electron chi connectivity index (χ3n) is 2.55. The predicted octanol–water partition coefficient (Wildman–Crippen LogP) is 1.82. The Morgan fingerprint density at radius 3 is 2.67 bits per heavy atom. The quantitative estimate of drug-likeness (QED) is 0.553. The van der Waals surface area contributed by atoms with Crippen LogP contribution in [0.5, 0.6) is 5.75 Å². The van der Waals surface area contributed by atoms with Crippen molar-refractivity contribution in [1.82, 2.24) is 0 Å². The highest BCUT2D eigenvalue weighted by molar-refractivity contribution is 5.62. The molecule has 1 aliphatic heterocycles. The summed E-state index contributed by atoms with van der Waals surface area (Å²) in [7, 11) is 0. The van der Waals surface area contributed by atoms with E-state index >= 15 is 0 Å². The number of hydrogen-bond acceptors (Lipinski definition) is 3. The Balaban J connectivity index is 2.21. The first-order valence-corrected chi connectivity index (χ1v) is 4.69. The molecule has 0 aromatic heterocycles. The van der Waals surface area contributed by atoms with Gasteiger partial charge < -0.3 is 15.7 Å². The maximum atomic E-state index is 12.9. The van der Waals surface area contributed by atoms with Crippen LogP contribution in [0.25, 0.3) is 0 Å². The SMILES string of the molecule is Nc1ccc(N2CCC(F)(F)C2)cc1O. The normalized spacial score (nSPS) is 19.5. The van der Waals surface area contributed by atoms with Gasteiger partial charge in [-0.15, -0.1) is 0 Å². The second-order valence-corrected chi connectivity index (χ2v) is 3.77. The van der Waals surface area contributed by atoms with Crippen LogP contribution in [-0.4, -0.2) is 24.1 Å². The van der Waals surface area contributed by atoms with E-state index in [9.17, 15) is 13.9 Å². The molecule has 1 heterocycles. The van der Waals surface area contributed by atoms with Gasteiger partial charge in [0, 0.05) is 24.7 Å². The second kappa shape index (κ2) is 3.25. The van der Waals surface area contributed by atoms with Crippen molar-refractivity contribution in [3.8, 4) is 5.75 Å². The van der Waals surface area contributed by atoms with Gasteiger partial charge in [0.2, 0.25) is 0 Å². The number of nitrogens with two attached hydrogens (primary N) is 1. The molecule has 3 N–H and O–H groups in total. The molecular weight excluding hydrogens is 202 g/mol. The zero-order chi connectivity index (χ0) is 11.1. The third kappa shape index (κ3) is 1.95. The standard InChI is InChI=1S/C10H12F2N2O/c11-10(12)3-4-14(6-10)7-1-2-8(13)9(15)5-7/h1-2,5,15H,3-4,6,13H2. The first kappa shape index (κ1) is 10.0. The van der Waals surface area contributed by atoms with Crippen molar-refractivity contribution in [2.75, 3.05) is 23.7 Å². The molecule has 0 amide bonds. The summed E-state index contributed by atoms with van der Waals surface area (Å²) in [5.41, 5.74) is 6.26. The zero-order valence-corrected chi connectivity index (χ0v) is 8.08. The molecule has 5 heteroatoms. The molecule has 15 heavy (non-hydrogen) atoms. The number of aromatic hydroxyl groups is 1. The Morgan fingerprint density at radius 2 is 2.13 bits per heavy atom. The lowest BCUT2D eigenvalue weighted by atomic mass is 10.2. The molecule has 1 aromatic carbocycles. The number of halogens is 2. The van der Waals surface area contributed by atoms with E-state index in [1.165, 1.54) is 12.1 Å². The Hall–Kier alpha value is -1.52. The molecule has 3 nitrogen and oxygen atoms in total. The lowest BCUT2D eigenvalue weighted by molar-refractivity contribution is 0.0257. The van der Waals surface area contributed by atoms with Gasteiger partial charge in [0.05, 0.1) is 12.2 Å². The Kier molecular flexibility index (Phi) is 2.17. The number of rotatable bonds is 1. The number of nitrogens with zero attached hydrogens (tertiary/aromatic N) is 1. The van der Waals surface area contributed by atoms with E-state index < -0.39 is 5.92 Å². The van der Waals surface area contributed by atoms with Gasteiger partial charge in [0.15, 0.2) is 0 Å². The van der Waals surface area contributed by atoms with Crippen LogP contribution in [0.3, 0.4) is 0 Å². The highest BCUT2D eigenvalue weighted by Gasteiger charge is 2.38. The lowest BCUT2D eigenvalue weighted by Gasteiger charge is -2.18. The molecular formula is C10H12F2N2O. The maximum absolute atomic E-state index is 12.9. The highest BCUT2D eigenvalue weighted by atomic mass is 19.3. The first-order valence-electron chi connectivity index (χ1n) is 4.69. The molecule has 2 rings (SSSR count). The van der Waals surface area contributed by atoms with E-state index in [-0.39, 0.29) is 24.4 Å². The van der Waals surface area contributed by atoms with Crippen molar-refractivity contribution in [2.24, 2.45) is 0 Å². The predicted molar refractivity (Wildman–Crippen MR) is 54.3 cm³/mol. The van der Waals surface area contributed by atoms with Crippen molar-refractivity contribution in [2.45, 2.75) is 12.3 Å². The number of phenols is 1. The van der Waals surface area contributed by atoms with Crippen molar-refractivity contribution in [1.29, 1.82) is 0 Å². The Morgan fingerprint density at radius 1 is 1.40 bits per heavy atom. The first-order chi connectivity index (χ1) is 6.98. The molecule has 82 valence electrons. The summed E-state index contributed by atoms with van der Waals surface area (Å²) in [6.07, 6.45) is -0.141. The number of nitrogen functional groups attached to an aromatic ring is 1. The average Bonchev–Trinajstić information content (AvgIpc) is 2.51. The van der Waals surface area contributed by atoms with Gasteiger partial charge in [-0.3, -0.25) is 0 Å². The molecule has 0 radical (unpaired) electrons. The van der Waals surface area contributed by atoms with Crippen LogP contribution < -0.4 is 10.6 Å². The minimum atomic E-state index is -2.63. The fourth-order valence-corrected chi connectivity index (χ4v) is 1.69. The van der Waals surface area contributed by atoms with E-state index in [0.717, 1.165) is 0 Å². The van der Waals surface area contributed by atoms with Crippen LogP contribution in [0, 0.1) is 0 Å². The monoisotopic (exact) mass is 214 g/mol. The Labute approximate surface area is 86.1 Å². The van der Waals surface area contributed by atoms with Gasteiger partial charge in [0.1, 0.15) is 5.75 Å². The summed E-state index contributed by atoms with van der Waals surface area (Å²) in [6.45, 7) is 0.00666. The summed E-state index contributed by atoms with van der Waals surface area (Å²) in [5.74, 6) is -2.69. The van der Waals surface area contributed by atoms with Gasteiger partial charge in [-0.2, -0.15) is 0 Å². The second-order valence-electron chi connectivity index (χ2n) is 3.77. The van der Waals surface area contributed by atoms with Crippen LogP contribution in [0.1, 0.15) is 6.42 Å². The van der Waals surface area contributed by atoms with Crippen molar-refractivity contribution < 1.29 is 13.9 Å². The van der Waals surface area contributed by atoms with Crippen molar-refractivity contribution in [3.63, 3.8) is 0 Å². The molecule has 0 spiro atoms. The summed E-state index contributed by atoms with van der Waals surface area (Å²) in [4.78, 5) is 1.54. The molecule has 0 bridgehead atoms. The summed E-state index contributed by atoms with van der Waals surface area (Å²) < 4.78 is 25.9. The minimum Gasteiger partial charge on any atom is -0.506 e. The van der Waals surface area contributed by atoms with Crippen molar-refractivity contribution >= 4 is 11.4 Å². The molecule has 1 fully saturated rings. The van der Waals surface area contributed by atoms with E-state index in [0.29, 0.717) is 12.2 Å². The molecule has 1 saturated heterocycles. The number of benzene rings is 1. The van der Waals surface area contributed by atoms with Crippen LogP contribution >= 0.6 is 0 Å². The number of anilines is 2. The molecule has 0 atom stereocenters. The van der Waals surface area contributed by atoms with Crippen molar-refractivity contribution in [3.05, 3.63) is 18.2 Å². The van der Waals surface area contributed by atoms with Crippen LogP contribution in [0.15, 0.2) is 18.2 Å². The fourth-order valence-electron chi connectivity index (χ4n) is 1.69. The average molecular weight is 214 g/mol. The third-order valence-corrected chi connectivity index (χ3v) is 2.55. The van der Waals surface area contributed by atoms with Gasteiger partial charge in [-0.25, -0.2) is 8.78 Å². The highest BCUT2D eigenvalue weighted by Crippen LogP contribution is 2.33. The van der Waals surface area contributed by atoms with E-state index in [4.69, 9.17) is 5.73 Å². The summed E-state index contributed by atoms with van der Waals surface area (Å²) in [6, 6.07) is 4.56. The van der Waals surface area contributed by atoms with Crippen LogP contribution in [0.2, 0.25) is 0 Å². The number of hydrogen-bond donors (Lipinski definition) is 2. The topological polar surface area (TPSA) is 49.5 Å². The largest absolute Gasteiger partial charge is 0.506 e. The molecule has 0 saturated carbocycles. The number of phenolic OH excluding ortho intramolecular Hbond substituents is 1. The zero-order valence-electron chi connectivity index (χ0n) is 8.08. The summed E-state index contributed by atoms with van der Waals surface area (Å²) in [5, 5.41) is 9.35. The van der Waals surface area contributed by atoms with Crippen LogP contribution in [-0.2, 0) is 0 Å². The van der Waals surface area contributed by atoms with Gasteiger partial charge in [0.25, 0.3) is 5.92 Å². The van der Waals surface area contributed by atoms with Gasteiger partial charge in [-0.1, -0.05) is 0 Å². The Bertz CT molecular complexity index is 382. The fraction of sp³-hybridized carbons (Fsp3) is 0.400. The van der Waals surface area contributed by atoms with E-state index in [2.05, 4.69) is 0 Å². The molecule has 1 aliphatic rings. The molecule has 0 aliphatic carbocycles. The molecule has 1 aromatic rings. The minimum absolute atomic E-state index is 0.0669. The number of alkyl halides is 2. The lowest BCUT2D eigenvalue weighted by Crippen LogP contribution is -2.24. The van der Waals surface area contributed by atoms with E-state index in [1.54, 1.807) is 11.0 Å². The smallest absolute Gasteiger partial charge is 0.266 e. The van der Waals surface area contributed by atoms with Crippen LogP contribution in [0.4, 0.5) is 20.2 Å². The maximum Gasteiger partial charge on any atom is 0.266 e. The summed E-state index contributed by atoms with van der Waals surface area (Å²) >= 11 is 0. The van der Waals surface area contributed by atoms with Gasteiger partial charge >= 0.3 is 0 Å². The molecule has 0 unspecified atom stereocenters.